The Morgan fingerprint density at radius 3 is 2.33 bits per heavy atom. The lowest BCUT2D eigenvalue weighted by molar-refractivity contribution is 0.590. The van der Waals surface area contributed by atoms with Crippen molar-refractivity contribution >= 4 is 17.5 Å². The minimum atomic E-state index is -0.699. The van der Waals surface area contributed by atoms with Crippen molar-refractivity contribution in [2.75, 3.05) is 10.6 Å². The van der Waals surface area contributed by atoms with Crippen LogP contribution in [0.4, 0.5) is 26.2 Å². The Balaban J connectivity index is 1.77. The minimum absolute atomic E-state index is 0.0270. The summed E-state index contributed by atoms with van der Waals surface area (Å²) in [6.07, 6.45) is 1.52. The molecule has 4 nitrogen and oxygen atoms in total. The second kappa shape index (κ2) is 7.04. The van der Waals surface area contributed by atoms with E-state index in [1.54, 1.807) is 6.07 Å². The number of nitrogens with one attached hydrogen (secondary N) is 2. The van der Waals surface area contributed by atoms with E-state index in [2.05, 4.69) is 20.6 Å². The lowest BCUT2D eigenvalue weighted by Gasteiger charge is -2.15. The molecule has 0 radical (unpaired) electrons. The molecule has 122 valence electrons. The molecule has 0 aliphatic carbocycles. The molecule has 1 unspecified atom stereocenters. The first-order chi connectivity index (χ1) is 11.6. The van der Waals surface area contributed by atoms with E-state index in [-0.39, 0.29) is 17.7 Å². The molecule has 2 aromatic carbocycles. The normalized spacial score (nSPS) is 11.8. The SMILES string of the molecule is CC(Nc1ccnc(Nc2c(F)cccc2F)n1)c1ccccc1. The molecular formula is C18H16F2N4. The average molecular weight is 326 g/mol. The van der Waals surface area contributed by atoms with Gasteiger partial charge < -0.3 is 10.6 Å². The highest BCUT2D eigenvalue weighted by atomic mass is 19.1. The molecule has 3 rings (SSSR count). The van der Waals surface area contributed by atoms with Gasteiger partial charge in [-0.1, -0.05) is 36.4 Å². The van der Waals surface area contributed by atoms with Gasteiger partial charge in [-0.25, -0.2) is 13.8 Å². The molecule has 0 amide bonds. The van der Waals surface area contributed by atoms with Gasteiger partial charge in [0.2, 0.25) is 5.95 Å². The van der Waals surface area contributed by atoms with Crippen LogP contribution in [0.25, 0.3) is 0 Å². The molecule has 1 atom stereocenters. The fraction of sp³-hybridized carbons (Fsp3) is 0.111. The van der Waals surface area contributed by atoms with Gasteiger partial charge in [-0.15, -0.1) is 0 Å². The first-order valence-electron chi connectivity index (χ1n) is 7.49. The summed E-state index contributed by atoms with van der Waals surface area (Å²) >= 11 is 0. The molecule has 0 bridgehead atoms. The maximum Gasteiger partial charge on any atom is 0.229 e. The minimum Gasteiger partial charge on any atom is -0.363 e. The van der Waals surface area contributed by atoms with E-state index in [0.29, 0.717) is 5.82 Å². The smallest absolute Gasteiger partial charge is 0.229 e. The average Bonchev–Trinajstić information content (AvgIpc) is 2.59. The quantitative estimate of drug-likeness (QED) is 0.715. The van der Waals surface area contributed by atoms with E-state index in [4.69, 9.17) is 0 Å². The molecule has 0 aliphatic heterocycles. The summed E-state index contributed by atoms with van der Waals surface area (Å²) in [4.78, 5) is 8.25. The number of aromatic nitrogens is 2. The fourth-order valence-corrected chi connectivity index (χ4v) is 2.28. The number of benzene rings is 2. The van der Waals surface area contributed by atoms with Crippen molar-refractivity contribution in [1.29, 1.82) is 0 Å². The Labute approximate surface area is 138 Å². The molecular weight excluding hydrogens is 310 g/mol. The summed E-state index contributed by atoms with van der Waals surface area (Å²) in [5, 5.41) is 5.82. The van der Waals surface area contributed by atoms with Crippen molar-refractivity contribution in [1.82, 2.24) is 9.97 Å². The second-order valence-electron chi connectivity index (χ2n) is 5.26. The third kappa shape index (κ3) is 3.65. The van der Waals surface area contributed by atoms with Crippen LogP contribution in [-0.2, 0) is 0 Å². The lowest BCUT2D eigenvalue weighted by Crippen LogP contribution is -2.09. The number of anilines is 3. The number of hydrogen-bond acceptors (Lipinski definition) is 4. The summed E-state index contributed by atoms with van der Waals surface area (Å²) in [6, 6.07) is 15.3. The summed E-state index contributed by atoms with van der Waals surface area (Å²) in [6.45, 7) is 2.00. The van der Waals surface area contributed by atoms with Crippen LogP contribution in [0.15, 0.2) is 60.8 Å². The van der Waals surface area contributed by atoms with E-state index in [9.17, 15) is 8.78 Å². The first kappa shape index (κ1) is 15.9. The summed E-state index contributed by atoms with van der Waals surface area (Å²) in [5.41, 5.74) is 0.830. The predicted molar refractivity (Wildman–Crippen MR) is 90.2 cm³/mol. The fourth-order valence-electron chi connectivity index (χ4n) is 2.28. The van der Waals surface area contributed by atoms with Crippen LogP contribution < -0.4 is 10.6 Å². The maximum absolute atomic E-state index is 13.7. The number of halogens is 2. The van der Waals surface area contributed by atoms with Crippen LogP contribution >= 0.6 is 0 Å². The van der Waals surface area contributed by atoms with Crippen molar-refractivity contribution in [3.8, 4) is 0 Å². The van der Waals surface area contributed by atoms with Gasteiger partial charge in [-0.05, 0) is 30.7 Å². The van der Waals surface area contributed by atoms with Crippen LogP contribution in [-0.4, -0.2) is 9.97 Å². The van der Waals surface area contributed by atoms with Gasteiger partial charge >= 0.3 is 0 Å². The topological polar surface area (TPSA) is 49.8 Å². The van der Waals surface area contributed by atoms with E-state index in [1.807, 2.05) is 37.3 Å². The summed E-state index contributed by atoms with van der Waals surface area (Å²) in [5.74, 6) is -0.728. The van der Waals surface area contributed by atoms with Crippen LogP contribution in [0.5, 0.6) is 0 Å². The molecule has 0 saturated carbocycles. The van der Waals surface area contributed by atoms with Crippen molar-refractivity contribution in [3.05, 3.63) is 78.0 Å². The molecule has 1 aromatic heterocycles. The molecule has 0 fully saturated rings. The van der Waals surface area contributed by atoms with Gasteiger partial charge in [0.15, 0.2) is 0 Å². The monoisotopic (exact) mass is 326 g/mol. The number of para-hydroxylation sites is 1. The van der Waals surface area contributed by atoms with Gasteiger partial charge in [-0.2, -0.15) is 4.98 Å². The Hall–Kier alpha value is -3.02. The lowest BCUT2D eigenvalue weighted by atomic mass is 10.1. The number of nitrogens with zero attached hydrogens (tertiary/aromatic N) is 2. The standard InChI is InChI=1S/C18H16F2N4/c1-12(13-6-3-2-4-7-13)22-16-10-11-21-18(23-16)24-17-14(19)8-5-9-15(17)20/h2-12H,1H3,(H2,21,22,23,24). The van der Waals surface area contributed by atoms with Gasteiger partial charge in [0.1, 0.15) is 23.1 Å². The maximum atomic E-state index is 13.7. The molecule has 24 heavy (non-hydrogen) atoms. The molecule has 1 heterocycles. The van der Waals surface area contributed by atoms with E-state index >= 15 is 0 Å². The zero-order chi connectivity index (χ0) is 16.9. The van der Waals surface area contributed by atoms with Gasteiger partial charge in [-0.3, -0.25) is 0 Å². The molecule has 0 spiro atoms. The summed E-state index contributed by atoms with van der Waals surface area (Å²) < 4.78 is 27.4. The van der Waals surface area contributed by atoms with Crippen molar-refractivity contribution < 1.29 is 8.78 Å². The van der Waals surface area contributed by atoms with E-state index in [0.717, 1.165) is 5.56 Å². The van der Waals surface area contributed by atoms with Crippen molar-refractivity contribution in [2.24, 2.45) is 0 Å². The van der Waals surface area contributed by atoms with E-state index < -0.39 is 11.6 Å². The third-order valence-corrected chi connectivity index (χ3v) is 3.52. The highest BCUT2D eigenvalue weighted by Crippen LogP contribution is 2.22. The van der Waals surface area contributed by atoms with Crippen molar-refractivity contribution in [2.45, 2.75) is 13.0 Å². The Bertz CT molecular complexity index is 804. The van der Waals surface area contributed by atoms with Crippen LogP contribution in [0.3, 0.4) is 0 Å². The predicted octanol–water partition coefficient (Wildman–Crippen LogP) is 4.67. The zero-order valence-electron chi connectivity index (χ0n) is 13.0. The van der Waals surface area contributed by atoms with Crippen LogP contribution in [0, 0.1) is 11.6 Å². The van der Waals surface area contributed by atoms with Crippen LogP contribution in [0.1, 0.15) is 18.5 Å². The third-order valence-electron chi connectivity index (χ3n) is 3.52. The highest BCUT2D eigenvalue weighted by Gasteiger charge is 2.11. The number of hydrogen-bond donors (Lipinski definition) is 2. The first-order valence-corrected chi connectivity index (χ1v) is 7.49. The molecule has 2 N–H and O–H groups in total. The summed E-state index contributed by atoms with van der Waals surface area (Å²) in [7, 11) is 0. The van der Waals surface area contributed by atoms with Crippen LogP contribution in [0.2, 0.25) is 0 Å². The number of rotatable bonds is 5. The van der Waals surface area contributed by atoms with Crippen molar-refractivity contribution in [3.63, 3.8) is 0 Å². The Morgan fingerprint density at radius 1 is 0.917 bits per heavy atom. The Morgan fingerprint density at radius 2 is 1.62 bits per heavy atom. The largest absolute Gasteiger partial charge is 0.363 e. The second-order valence-corrected chi connectivity index (χ2v) is 5.26. The molecule has 0 aliphatic rings. The van der Waals surface area contributed by atoms with Gasteiger partial charge in [0, 0.05) is 12.2 Å². The molecule has 6 heteroatoms. The van der Waals surface area contributed by atoms with E-state index in [1.165, 1.54) is 24.4 Å². The highest BCUT2D eigenvalue weighted by molar-refractivity contribution is 5.56. The molecule has 3 aromatic rings. The van der Waals surface area contributed by atoms with Gasteiger partial charge in [0.25, 0.3) is 0 Å². The molecule has 0 saturated heterocycles. The zero-order valence-corrected chi connectivity index (χ0v) is 13.0. The Kier molecular flexibility index (Phi) is 4.65. The van der Waals surface area contributed by atoms with Gasteiger partial charge in [0.05, 0.1) is 0 Å².